The number of benzene rings is 1. The molecule has 45 heavy (non-hydrogen) atoms. The van der Waals surface area contributed by atoms with Crippen LogP contribution in [-0.4, -0.2) is 15.0 Å². The number of fused-ring (bicyclic) bond motifs is 3. The first kappa shape index (κ1) is 26.5. The second kappa shape index (κ2) is 16.1. The van der Waals surface area contributed by atoms with Gasteiger partial charge in [0.25, 0.3) is 0 Å². The number of allylic oxidation sites excluding steroid dienone is 4. The molecule has 0 spiro atoms. The zero-order valence-corrected chi connectivity index (χ0v) is 28.6. The van der Waals surface area contributed by atoms with Crippen LogP contribution in [-0.2, 0) is 20.1 Å². The van der Waals surface area contributed by atoms with Gasteiger partial charge in [-0.3, -0.25) is 4.98 Å². The zero-order valence-electron chi connectivity index (χ0n) is 32.2. The van der Waals surface area contributed by atoms with Crippen molar-refractivity contribution < 1.29 is 32.7 Å². The first-order valence-corrected chi connectivity index (χ1v) is 15.5. The van der Waals surface area contributed by atoms with Crippen molar-refractivity contribution in [3.05, 3.63) is 120 Å². The summed E-state index contributed by atoms with van der Waals surface area (Å²) >= 11 is 0. The van der Waals surface area contributed by atoms with Crippen LogP contribution in [0.15, 0.2) is 90.2 Å². The number of rotatable bonds is 8. The van der Waals surface area contributed by atoms with E-state index in [1.54, 1.807) is 12.3 Å². The number of hydrogen-bond donors (Lipinski definition) is 0. The van der Waals surface area contributed by atoms with Gasteiger partial charge in [-0.15, -0.1) is 48.1 Å². The Bertz CT molecular complexity index is 2040. The standard InChI is InChI=1S/C23H21N2O.C17H22N.Ir/c1-15-10-11-20(25-14-15)19-9-5-8-17-18-12-13-24-21(23(18)26-22(17)19)16-6-3-2-4-7-16;1-6-16(7-2)14(4)9-10-15(5)17-11-8-13(3)12-18-17;/h5,8,10-14,16H,2-4,6-7H2,1H3;8-9,11-12,16H,4-7H2,1-3H3;/q2*-1;/i1D3,10D,11D,14D;;. The summed E-state index contributed by atoms with van der Waals surface area (Å²) in [6.07, 6.45) is 16.2. The van der Waals surface area contributed by atoms with Gasteiger partial charge in [0, 0.05) is 54.1 Å². The number of aromatic nitrogens is 3. The van der Waals surface area contributed by atoms with E-state index in [4.69, 9.17) is 12.6 Å². The van der Waals surface area contributed by atoms with Crippen molar-refractivity contribution >= 4 is 27.5 Å². The molecule has 0 saturated heterocycles. The third-order valence-electron chi connectivity index (χ3n) is 8.35. The van der Waals surface area contributed by atoms with Crippen LogP contribution in [0.2, 0.25) is 0 Å². The van der Waals surface area contributed by atoms with Crippen molar-refractivity contribution in [2.45, 2.75) is 78.5 Å². The molecule has 1 radical (unpaired) electrons. The molecule has 235 valence electrons. The fourth-order valence-electron chi connectivity index (χ4n) is 5.77. The minimum absolute atomic E-state index is 0. The van der Waals surface area contributed by atoms with E-state index in [0.717, 1.165) is 64.6 Å². The molecule has 0 N–H and O–H groups in total. The first-order valence-electron chi connectivity index (χ1n) is 18.5. The molecule has 1 aliphatic rings. The van der Waals surface area contributed by atoms with Gasteiger partial charge < -0.3 is 14.4 Å². The third-order valence-corrected chi connectivity index (χ3v) is 8.35. The number of aryl methyl sites for hydroxylation is 1. The number of nitrogens with zero attached hydrogens (tertiary/aromatic N) is 3. The van der Waals surface area contributed by atoms with Gasteiger partial charge in [0.15, 0.2) is 0 Å². The molecule has 1 fully saturated rings. The summed E-state index contributed by atoms with van der Waals surface area (Å²) in [5, 5.41) is 1.72. The minimum atomic E-state index is -2.69. The Balaban J connectivity index is 0.000000264. The molecule has 5 heteroatoms. The quantitative estimate of drug-likeness (QED) is 0.116. The molecular weight excluding hydrogens is 731 g/mol. The molecule has 1 aliphatic carbocycles. The van der Waals surface area contributed by atoms with Crippen LogP contribution in [0.25, 0.3) is 38.8 Å². The average molecular weight is 780 g/mol. The molecule has 4 heterocycles. The van der Waals surface area contributed by atoms with Gasteiger partial charge in [-0.1, -0.05) is 87.0 Å². The van der Waals surface area contributed by atoms with Crippen molar-refractivity contribution in [2.75, 3.05) is 0 Å². The molecule has 0 amide bonds. The topological polar surface area (TPSA) is 51.8 Å². The van der Waals surface area contributed by atoms with Crippen LogP contribution in [0, 0.1) is 31.8 Å². The Kier molecular flexibility index (Phi) is 9.48. The molecule has 1 saturated carbocycles. The van der Waals surface area contributed by atoms with Crippen molar-refractivity contribution in [1.82, 2.24) is 15.0 Å². The Morgan fingerprint density at radius 1 is 1.04 bits per heavy atom. The van der Waals surface area contributed by atoms with Gasteiger partial charge in [0.1, 0.15) is 5.58 Å². The second-order valence-corrected chi connectivity index (χ2v) is 11.4. The first-order chi connectivity index (χ1) is 23.8. The molecule has 6 rings (SSSR count). The number of hydrogen-bond acceptors (Lipinski definition) is 4. The maximum atomic E-state index is 8.41. The van der Waals surface area contributed by atoms with E-state index >= 15 is 0 Å². The molecule has 0 bridgehead atoms. The summed E-state index contributed by atoms with van der Waals surface area (Å²) in [6, 6.07) is 11.6. The van der Waals surface area contributed by atoms with Crippen molar-refractivity contribution in [3.8, 4) is 11.3 Å². The zero-order chi connectivity index (χ0) is 36.2. The summed E-state index contributed by atoms with van der Waals surface area (Å²) in [7, 11) is 0. The van der Waals surface area contributed by atoms with Crippen molar-refractivity contribution in [1.29, 1.82) is 0 Å². The Hall–Kier alpha value is -3.66. The van der Waals surface area contributed by atoms with Gasteiger partial charge in [0.2, 0.25) is 0 Å². The Morgan fingerprint density at radius 2 is 1.82 bits per heavy atom. The fraction of sp³-hybridized carbons (Fsp3) is 0.325. The monoisotopic (exact) mass is 780 g/mol. The average Bonchev–Trinajstić information content (AvgIpc) is 3.49. The summed E-state index contributed by atoms with van der Waals surface area (Å²) < 4.78 is 53.8. The molecular formula is C40H43IrN3O-2. The maximum Gasteiger partial charge on any atom is 0.142 e. The predicted octanol–water partition coefficient (Wildman–Crippen LogP) is 11.0. The van der Waals surface area contributed by atoms with E-state index in [1.807, 2.05) is 43.5 Å². The van der Waals surface area contributed by atoms with Crippen LogP contribution in [0.3, 0.4) is 0 Å². The smallest absolute Gasteiger partial charge is 0.142 e. The largest absolute Gasteiger partial charge is 0.499 e. The Labute approximate surface area is 290 Å². The van der Waals surface area contributed by atoms with E-state index in [2.05, 4.69) is 54.1 Å². The Morgan fingerprint density at radius 3 is 2.53 bits per heavy atom. The van der Waals surface area contributed by atoms with Crippen LogP contribution >= 0.6 is 0 Å². The fourth-order valence-corrected chi connectivity index (χ4v) is 5.77. The maximum absolute atomic E-state index is 8.41. The number of furan rings is 1. The number of pyridine rings is 3. The molecule has 4 aromatic heterocycles. The van der Waals surface area contributed by atoms with Gasteiger partial charge in [-0.05, 0) is 55.2 Å². The van der Waals surface area contributed by atoms with Crippen molar-refractivity contribution in [2.24, 2.45) is 5.92 Å². The van der Waals surface area contributed by atoms with E-state index in [1.165, 1.54) is 19.3 Å². The van der Waals surface area contributed by atoms with Crippen LogP contribution < -0.4 is 0 Å². The van der Waals surface area contributed by atoms with Gasteiger partial charge in [0.05, 0.1) is 15.4 Å². The van der Waals surface area contributed by atoms with Gasteiger partial charge >= 0.3 is 0 Å². The molecule has 0 unspecified atom stereocenters. The molecule has 4 nitrogen and oxygen atoms in total. The molecule has 1 aromatic carbocycles. The SMILES string of the molecule is C=C([C-]=CC(=C)C(CC)CC)c1ccc(C)cn1.[2H]c1nc(-c2[c-]ccc3c2oc2c(C4CCCCC4)nccc23)c([2H])c([2H])c1C([2H])([2H])[2H].[Ir]. The van der Waals surface area contributed by atoms with Crippen molar-refractivity contribution in [3.63, 3.8) is 0 Å². The van der Waals surface area contributed by atoms with Crippen LogP contribution in [0.5, 0.6) is 0 Å². The summed E-state index contributed by atoms with van der Waals surface area (Å²) in [6.45, 7) is 11.8. The summed E-state index contributed by atoms with van der Waals surface area (Å²) in [5.74, 6) is 0.875. The minimum Gasteiger partial charge on any atom is -0.499 e. The second-order valence-electron chi connectivity index (χ2n) is 11.4. The van der Waals surface area contributed by atoms with E-state index in [0.29, 0.717) is 28.6 Å². The predicted molar refractivity (Wildman–Crippen MR) is 183 cm³/mol. The normalized spacial score (nSPS) is 15.7. The third kappa shape index (κ3) is 8.14. The van der Waals surface area contributed by atoms with E-state index in [-0.39, 0.29) is 31.8 Å². The summed E-state index contributed by atoms with van der Waals surface area (Å²) in [5.41, 5.74) is 5.88. The van der Waals surface area contributed by atoms with Gasteiger partial charge in [-0.2, -0.15) is 6.58 Å². The molecule has 0 atom stereocenters. The van der Waals surface area contributed by atoms with Crippen LogP contribution in [0.4, 0.5) is 0 Å². The van der Waals surface area contributed by atoms with E-state index < -0.39 is 24.6 Å². The van der Waals surface area contributed by atoms with Crippen LogP contribution in [0.1, 0.15) is 95.5 Å². The van der Waals surface area contributed by atoms with E-state index in [9.17, 15) is 0 Å². The summed E-state index contributed by atoms with van der Waals surface area (Å²) in [4.78, 5) is 13.1. The van der Waals surface area contributed by atoms with Gasteiger partial charge in [-0.25, -0.2) is 0 Å². The molecule has 5 aromatic rings. The molecule has 0 aliphatic heterocycles.